The molecule has 1 aromatic carbocycles. The fraction of sp³-hybridized carbons (Fsp3) is 0.462. The normalized spacial score (nSPS) is 13.4. The molecule has 0 fully saturated rings. The maximum absolute atomic E-state index is 13.2. The molecule has 0 radical (unpaired) electrons. The molecule has 0 bridgehead atoms. The van der Waals surface area contributed by atoms with Crippen molar-refractivity contribution in [3.8, 4) is 0 Å². The van der Waals surface area contributed by atoms with E-state index in [4.69, 9.17) is 4.55 Å². The molecular weight excluding hydrogens is 521 g/mol. The van der Waals surface area contributed by atoms with E-state index in [9.17, 15) is 39.6 Å². The van der Waals surface area contributed by atoms with Crippen LogP contribution in [0.15, 0.2) is 18.2 Å². The highest BCUT2D eigenvalue weighted by atomic mass is 127. The van der Waals surface area contributed by atoms with Crippen molar-refractivity contribution in [2.24, 2.45) is 0 Å². The average Bonchev–Trinajstić information content (AvgIpc) is 2.41. The van der Waals surface area contributed by atoms with Crippen LogP contribution in [0.3, 0.4) is 0 Å². The number of carbonyl (C=O) groups excluding carboxylic acids is 1. The lowest BCUT2D eigenvalue weighted by atomic mass is 9.99. The van der Waals surface area contributed by atoms with E-state index in [1.54, 1.807) is 41.6 Å². The van der Waals surface area contributed by atoms with E-state index in [1.807, 2.05) is 0 Å². The number of rotatable bonds is 5. The van der Waals surface area contributed by atoms with Crippen LogP contribution in [-0.2, 0) is 10.1 Å². The van der Waals surface area contributed by atoms with Crippen LogP contribution in [0, 0.1) is 3.57 Å². The summed E-state index contributed by atoms with van der Waals surface area (Å²) in [6.07, 6.45) is -12.5. The number of benzene rings is 1. The van der Waals surface area contributed by atoms with Gasteiger partial charge in [0.1, 0.15) is 5.75 Å². The van der Waals surface area contributed by atoms with Gasteiger partial charge < -0.3 is 10.2 Å². The third-order valence-electron chi connectivity index (χ3n) is 3.39. The Hall–Kier alpha value is -1.29. The maximum atomic E-state index is 13.2. The van der Waals surface area contributed by atoms with Crippen LogP contribution >= 0.6 is 22.6 Å². The van der Waals surface area contributed by atoms with E-state index in [0.29, 0.717) is 14.6 Å². The summed E-state index contributed by atoms with van der Waals surface area (Å²) in [5.41, 5.74) is -5.20. The molecule has 0 aliphatic heterocycles. The maximum Gasteiger partial charge on any atom is 0.421 e. The predicted octanol–water partition coefficient (Wildman–Crippen LogP) is 2.84. The van der Waals surface area contributed by atoms with Crippen molar-refractivity contribution in [2.75, 3.05) is 24.7 Å². The highest BCUT2D eigenvalue weighted by molar-refractivity contribution is 14.1. The number of anilines is 1. The third-order valence-corrected chi connectivity index (χ3v) is 5.05. The summed E-state index contributed by atoms with van der Waals surface area (Å²) in [5, 5.41) is 0.714. The molecule has 154 valence electrons. The third kappa shape index (κ3) is 5.37. The summed E-state index contributed by atoms with van der Waals surface area (Å²) in [6.45, 7) is 0. The van der Waals surface area contributed by atoms with Gasteiger partial charge in [0.25, 0.3) is 16.0 Å². The Morgan fingerprint density at radius 2 is 1.63 bits per heavy atom. The van der Waals surface area contributed by atoms with E-state index in [2.05, 4.69) is 0 Å². The topological polar surface area (TPSA) is 86.7 Å². The van der Waals surface area contributed by atoms with E-state index in [1.165, 1.54) is 6.07 Å². The van der Waals surface area contributed by atoms with Crippen LogP contribution in [0.2, 0.25) is 0 Å². The Labute approximate surface area is 163 Å². The van der Waals surface area contributed by atoms with Gasteiger partial charge in [0.05, 0.1) is 0 Å². The lowest BCUT2D eigenvalue weighted by molar-refractivity contribution is -0.296. The number of carbonyl (C=O) groups is 1. The monoisotopic (exact) mass is 534 g/mol. The van der Waals surface area contributed by atoms with Crippen LogP contribution in [0.25, 0.3) is 0 Å². The summed E-state index contributed by atoms with van der Waals surface area (Å²) in [4.78, 5) is 13.7. The highest BCUT2D eigenvalue weighted by Gasteiger charge is 2.73. The van der Waals surface area contributed by atoms with E-state index in [0.717, 1.165) is 12.1 Å². The number of hydrogen-bond acceptors (Lipinski definition) is 4. The molecule has 0 heterocycles. The summed E-state index contributed by atoms with van der Waals surface area (Å²) in [5.74, 6) is -4.62. The van der Waals surface area contributed by atoms with Crippen molar-refractivity contribution in [2.45, 2.75) is 17.9 Å². The minimum atomic E-state index is -6.26. The van der Waals surface area contributed by atoms with Gasteiger partial charge in [-0.05, 0) is 40.8 Å². The second kappa shape index (κ2) is 7.62. The zero-order valence-electron chi connectivity index (χ0n) is 13.6. The molecule has 0 spiro atoms. The summed E-state index contributed by atoms with van der Waals surface area (Å²) in [7, 11) is -2.51. The van der Waals surface area contributed by atoms with Crippen LogP contribution in [-0.4, -0.2) is 56.6 Å². The van der Waals surface area contributed by atoms with Gasteiger partial charge in [0, 0.05) is 28.9 Å². The van der Waals surface area contributed by atoms with Crippen LogP contribution in [0.4, 0.5) is 32.0 Å². The minimum Gasteiger partial charge on any atom is -0.377 e. The first-order valence-corrected chi connectivity index (χ1v) is 9.48. The summed E-state index contributed by atoms with van der Waals surface area (Å²) < 4.78 is 110. The first kappa shape index (κ1) is 23.7. The Morgan fingerprint density at radius 1 is 1.15 bits per heavy atom. The van der Waals surface area contributed by atoms with Crippen molar-refractivity contribution in [3.05, 3.63) is 27.3 Å². The van der Waals surface area contributed by atoms with Crippen molar-refractivity contribution in [1.29, 1.82) is 0 Å². The van der Waals surface area contributed by atoms with Gasteiger partial charge in [-0.25, -0.2) is 0 Å². The predicted molar refractivity (Wildman–Crippen MR) is 92.2 cm³/mol. The standard InChI is InChI=1S/C13H13F6IN2O4S/c1-22(2)9-4-3-7(5-8(9)20)10(23)21-11(12(14,15)16,13(17,18)19)6-27(24,25)26/h3-5H,6H2,1-2H3,(H,21,23)(H,24,25,26). The summed E-state index contributed by atoms with van der Waals surface area (Å²) in [6, 6.07) is 3.32. The smallest absolute Gasteiger partial charge is 0.377 e. The zero-order chi connectivity index (χ0) is 21.4. The second-order valence-electron chi connectivity index (χ2n) is 5.64. The number of hydrogen-bond donors (Lipinski definition) is 2. The van der Waals surface area contributed by atoms with Gasteiger partial charge in [-0.1, -0.05) is 0 Å². The highest BCUT2D eigenvalue weighted by Crippen LogP contribution is 2.44. The molecule has 14 heteroatoms. The zero-order valence-corrected chi connectivity index (χ0v) is 16.6. The lowest BCUT2D eigenvalue weighted by Crippen LogP contribution is -2.70. The second-order valence-corrected chi connectivity index (χ2v) is 8.26. The Kier molecular flexibility index (Phi) is 6.70. The van der Waals surface area contributed by atoms with Crippen molar-refractivity contribution in [1.82, 2.24) is 5.32 Å². The molecule has 2 N–H and O–H groups in total. The van der Waals surface area contributed by atoms with E-state index >= 15 is 0 Å². The Morgan fingerprint density at radius 3 is 1.96 bits per heavy atom. The van der Waals surface area contributed by atoms with Gasteiger partial charge in [-0.2, -0.15) is 34.8 Å². The molecule has 0 aliphatic rings. The Balaban J connectivity index is 3.46. The first-order valence-electron chi connectivity index (χ1n) is 6.79. The van der Waals surface area contributed by atoms with Crippen LogP contribution in [0.5, 0.6) is 0 Å². The average molecular weight is 534 g/mol. The molecule has 1 aromatic rings. The van der Waals surface area contributed by atoms with Gasteiger partial charge >= 0.3 is 12.4 Å². The number of alkyl halides is 6. The molecule has 0 unspecified atom stereocenters. The SMILES string of the molecule is CN(C)c1ccc(C(=O)NC(CS(=O)(=O)O)(C(F)(F)F)C(F)(F)F)cc1I. The van der Waals surface area contributed by atoms with Crippen molar-refractivity contribution < 1.29 is 44.1 Å². The van der Waals surface area contributed by atoms with Gasteiger partial charge in [0.2, 0.25) is 5.54 Å². The van der Waals surface area contributed by atoms with Gasteiger partial charge in [0.15, 0.2) is 0 Å². The van der Waals surface area contributed by atoms with Gasteiger partial charge in [-0.3, -0.25) is 9.35 Å². The number of amides is 1. The molecule has 27 heavy (non-hydrogen) atoms. The number of halogens is 7. The fourth-order valence-electron chi connectivity index (χ4n) is 2.05. The summed E-state index contributed by atoms with van der Waals surface area (Å²) >= 11 is 1.72. The minimum absolute atomic E-state index is 0.352. The molecule has 0 aromatic heterocycles. The molecule has 6 nitrogen and oxygen atoms in total. The molecule has 0 saturated carbocycles. The Bertz CT molecular complexity index is 809. The fourth-order valence-corrected chi connectivity index (χ4v) is 4.00. The van der Waals surface area contributed by atoms with Crippen molar-refractivity contribution >= 4 is 44.3 Å². The van der Waals surface area contributed by atoms with Crippen LogP contribution < -0.4 is 10.2 Å². The molecule has 0 saturated heterocycles. The molecular formula is C13H13F6IN2O4S. The molecule has 1 rings (SSSR count). The van der Waals surface area contributed by atoms with Crippen molar-refractivity contribution in [3.63, 3.8) is 0 Å². The molecule has 0 aliphatic carbocycles. The number of nitrogens with one attached hydrogen (secondary N) is 1. The largest absolute Gasteiger partial charge is 0.421 e. The molecule has 0 atom stereocenters. The quantitative estimate of drug-likeness (QED) is 0.345. The van der Waals surface area contributed by atoms with E-state index in [-0.39, 0.29) is 0 Å². The van der Waals surface area contributed by atoms with Gasteiger partial charge in [-0.15, -0.1) is 0 Å². The first-order chi connectivity index (χ1) is 11.9. The number of nitrogens with zero attached hydrogens (tertiary/aromatic N) is 1. The lowest BCUT2D eigenvalue weighted by Gasteiger charge is -2.36. The van der Waals surface area contributed by atoms with E-state index < -0.39 is 45.2 Å². The van der Waals surface area contributed by atoms with Crippen LogP contribution in [0.1, 0.15) is 10.4 Å². The molecule has 1 amide bonds.